The van der Waals surface area contributed by atoms with Crippen molar-refractivity contribution < 1.29 is 4.79 Å². The summed E-state index contributed by atoms with van der Waals surface area (Å²) in [6, 6.07) is 3.68. The summed E-state index contributed by atoms with van der Waals surface area (Å²) in [6.45, 7) is 1.41. The highest BCUT2D eigenvalue weighted by Crippen LogP contribution is 2.27. The van der Waals surface area contributed by atoms with E-state index in [4.69, 9.17) is 11.6 Å². The zero-order valence-corrected chi connectivity index (χ0v) is 13.6. The summed E-state index contributed by atoms with van der Waals surface area (Å²) >= 11 is 9.38. The first-order valence-electron chi connectivity index (χ1n) is 6.74. The predicted molar refractivity (Wildman–Crippen MR) is 83.4 cm³/mol. The molecule has 1 fully saturated rings. The zero-order chi connectivity index (χ0) is 14.8. The quantitative estimate of drug-likeness (QED) is 0.827. The Labute approximate surface area is 135 Å². The van der Waals surface area contributed by atoms with Gasteiger partial charge in [-0.25, -0.2) is 4.98 Å². The molecule has 0 aromatic carbocycles. The number of pyridine rings is 1. The van der Waals surface area contributed by atoms with Gasteiger partial charge in [0, 0.05) is 41.6 Å². The normalized spacial score (nSPS) is 18.8. The number of hydrogen-bond acceptors (Lipinski definition) is 3. The van der Waals surface area contributed by atoms with Crippen LogP contribution in [-0.2, 0) is 0 Å². The number of aromatic amines is 1. The van der Waals surface area contributed by atoms with E-state index in [2.05, 4.69) is 31.1 Å². The van der Waals surface area contributed by atoms with Crippen LogP contribution >= 0.6 is 27.5 Å². The van der Waals surface area contributed by atoms with Gasteiger partial charge in [0.15, 0.2) is 0 Å². The molecule has 1 N–H and O–H groups in total. The Balaban J connectivity index is 1.79. The average Bonchev–Trinajstić information content (AvgIpc) is 3.03. The minimum absolute atomic E-state index is 0.0713. The van der Waals surface area contributed by atoms with E-state index in [0.717, 1.165) is 29.6 Å². The molecule has 0 bridgehead atoms. The molecule has 2 aromatic rings. The molecule has 7 heteroatoms. The lowest BCUT2D eigenvalue weighted by Crippen LogP contribution is -2.39. The highest BCUT2D eigenvalue weighted by Gasteiger charge is 2.27. The number of likely N-dealkylation sites (tertiary alicyclic amines) is 1. The molecule has 0 aliphatic carbocycles. The fraction of sp³-hybridized carbons (Fsp3) is 0.357. The van der Waals surface area contributed by atoms with Gasteiger partial charge in [0.25, 0.3) is 5.91 Å². The number of amides is 1. The third-order valence-electron chi connectivity index (χ3n) is 3.71. The van der Waals surface area contributed by atoms with E-state index in [9.17, 15) is 4.79 Å². The molecule has 1 atom stereocenters. The minimum atomic E-state index is -0.0713. The molecule has 21 heavy (non-hydrogen) atoms. The standard InChI is InChI=1S/C14H14BrClN4O/c15-10-6-11(13(16)17-7-10)14(21)20-5-1-2-9(8-20)12-3-4-18-19-12/h3-4,6-7,9H,1-2,5,8H2,(H,18,19). The van der Waals surface area contributed by atoms with Crippen LogP contribution in [-0.4, -0.2) is 39.1 Å². The van der Waals surface area contributed by atoms with Crippen molar-refractivity contribution in [2.24, 2.45) is 0 Å². The highest BCUT2D eigenvalue weighted by molar-refractivity contribution is 9.10. The number of nitrogens with one attached hydrogen (secondary N) is 1. The van der Waals surface area contributed by atoms with Crippen molar-refractivity contribution in [1.82, 2.24) is 20.1 Å². The third-order valence-corrected chi connectivity index (χ3v) is 4.44. The van der Waals surface area contributed by atoms with Gasteiger partial charge in [-0.05, 0) is 40.9 Å². The van der Waals surface area contributed by atoms with Crippen LogP contribution in [0.15, 0.2) is 29.0 Å². The van der Waals surface area contributed by atoms with Gasteiger partial charge in [0.05, 0.1) is 5.56 Å². The average molecular weight is 370 g/mol. The number of rotatable bonds is 2. The highest BCUT2D eigenvalue weighted by atomic mass is 79.9. The molecule has 1 amide bonds. The molecule has 110 valence electrons. The molecule has 5 nitrogen and oxygen atoms in total. The van der Waals surface area contributed by atoms with E-state index in [-0.39, 0.29) is 11.1 Å². The van der Waals surface area contributed by atoms with Crippen LogP contribution in [0.5, 0.6) is 0 Å². The van der Waals surface area contributed by atoms with E-state index >= 15 is 0 Å². The summed E-state index contributed by atoms with van der Waals surface area (Å²) in [5.74, 6) is 0.224. The number of aromatic nitrogens is 3. The first-order chi connectivity index (χ1) is 10.1. The fourth-order valence-electron chi connectivity index (χ4n) is 2.65. The third kappa shape index (κ3) is 3.11. The summed E-state index contributed by atoms with van der Waals surface area (Å²) in [5.41, 5.74) is 1.52. The van der Waals surface area contributed by atoms with Gasteiger partial charge in [-0.2, -0.15) is 5.10 Å². The van der Waals surface area contributed by atoms with Gasteiger partial charge < -0.3 is 4.90 Å². The SMILES string of the molecule is O=C(c1cc(Br)cnc1Cl)N1CCCC(c2ccn[nH]2)C1. The van der Waals surface area contributed by atoms with Crippen molar-refractivity contribution in [1.29, 1.82) is 0 Å². The van der Waals surface area contributed by atoms with Gasteiger partial charge in [-0.3, -0.25) is 9.89 Å². The molecular formula is C14H14BrClN4O. The largest absolute Gasteiger partial charge is 0.338 e. The zero-order valence-electron chi connectivity index (χ0n) is 11.2. The maximum absolute atomic E-state index is 12.6. The van der Waals surface area contributed by atoms with Gasteiger partial charge in [0.1, 0.15) is 5.15 Å². The molecule has 2 aromatic heterocycles. The fourth-order valence-corrected chi connectivity index (χ4v) is 3.17. The Hall–Kier alpha value is -1.40. The van der Waals surface area contributed by atoms with Gasteiger partial charge in [-0.1, -0.05) is 11.6 Å². The van der Waals surface area contributed by atoms with Crippen molar-refractivity contribution in [3.8, 4) is 0 Å². The summed E-state index contributed by atoms with van der Waals surface area (Å²) in [7, 11) is 0. The van der Waals surface area contributed by atoms with E-state index in [0.29, 0.717) is 18.0 Å². The van der Waals surface area contributed by atoms with Crippen molar-refractivity contribution in [2.45, 2.75) is 18.8 Å². The predicted octanol–water partition coefficient (Wildman–Crippen LogP) is 3.24. The molecule has 0 saturated carbocycles. The van der Waals surface area contributed by atoms with Crippen LogP contribution in [0.3, 0.4) is 0 Å². The Bertz CT molecular complexity index is 646. The van der Waals surface area contributed by atoms with Crippen LogP contribution in [0.4, 0.5) is 0 Å². The molecule has 1 aliphatic rings. The molecule has 0 radical (unpaired) electrons. The molecular weight excluding hydrogens is 356 g/mol. The maximum Gasteiger partial charge on any atom is 0.257 e. The van der Waals surface area contributed by atoms with Crippen molar-refractivity contribution >= 4 is 33.4 Å². The second kappa shape index (κ2) is 6.15. The minimum Gasteiger partial charge on any atom is -0.338 e. The second-order valence-corrected chi connectivity index (χ2v) is 6.37. The smallest absolute Gasteiger partial charge is 0.257 e. The summed E-state index contributed by atoms with van der Waals surface area (Å²) < 4.78 is 0.748. The van der Waals surface area contributed by atoms with E-state index in [1.165, 1.54) is 0 Å². The Morgan fingerprint density at radius 3 is 3.14 bits per heavy atom. The van der Waals surface area contributed by atoms with Crippen LogP contribution in [0.2, 0.25) is 5.15 Å². The number of piperidine rings is 1. The summed E-state index contributed by atoms with van der Waals surface area (Å²) in [6.07, 6.45) is 5.35. The molecule has 3 rings (SSSR count). The number of H-pyrrole nitrogens is 1. The monoisotopic (exact) mass is 368 g/mol. The van der Waals surface area contributed by atoms with E-state index in [1.54, 1.807) is 18.5 Å². The van der Waals surface area contributed by atoms with E-state index in [1.807, 2.05) is 11.0 Å². The van der Waals surface area contributed by atoms with Crippen molar-refractivity contribution in [3.05, 3.63) is 45.4 Å². The van der Waals surface area contributed by atoms with Gasteiger partial charge in [0.2, 0.25) is 0 Å². The number of carbonyl (C=O) groups excluding carboxylic acids is 1. The van der Waals surface area contributed by atoms with Gasteiger partial charge in [-0.15, -0.1) is 0 Å². The molecule has 1 aliphatic heterocycles. The molecule has 1 unspecified atom stereocenters. The first-order valence-corrected chi connectivity index (χ1v) is 7.92. The van der Waals surface area contributed by atoms with Crippen molar-refractivity contribution in [2.75, 3.05) is 13.1 Å². The first kappa shape index (κ1) is 14.5. The number of hydrogen-bond donors (Lipinski definition) is 1. The summed E-state index contributed by atoms with van der Waals surface area (Å²) in [5, 5.41) is 7.22. The van der Waals surface area contributed by atoms with Crippen LogP contribution in [0, 0.1) is 0 Å². The molecule has 3 heterocycles. The number of halogens is 2. The van der Waals surface area contributed by atoms with Crippen LogP contribution < -0.4 is 0 Å². The number of nitrogens with zero attached hydrogens (tertiary/aromatic N) is 3. The Morgan fingerprint density at radius 2 is 2.38 bits per heavy atom. The Kier molecular flexibility index (Phi) is 4.26. The van der Waals surface area contributed by atoms with E-state index < -0.39 is 0 Å². The molecule has 1 saturated heterocycles. The lowest BCUT2D eigenvalue weighted by molar-refractivity contribution is 0.0705. The van der Waals surface area contributed by atoms with Gasteiger partial charge >= 0.3 is 0 Å². The lowest BCUT2D eigenvalue weighted by atomic mass is 9.94. The molecule has 0 spiro atoms. The topological polar surface area (TPSA) is 61.9 Å². The van der Waals surface area contributed by atoms with Crippen LogP contribution in [0.1, 0.15) is 34.8 Å². The second-order valence-electron chi connectivity index (χ2n) is 5.09. The maximum atomic E-state index is 12.6. The lowest BCUT2D eigenvalue weighted by Gasteiger charge is -2.32. The van der Waals surface area contributed by atoms with Crippen LogP contribution in [0.25, 0.3) is 0 Å². The van der Waals surface area contributed by atoms with Crippen molar-refractivity contribution in [3.63, 3.8) is 0 Å². The summed E-state index contributed by atoms with van der Waals surface area (Å²) in [4.78, 5) is 18.5. The Morgan fingerprint density at radius 1 is 1.52 bits per heavy atom. The number of carbonyl (C=O) groups is 1.